The fourth-order valence-electron chi connectivity index (χ4n) is 6.86. The molecule has 6 rings (SSSR count). The molecule has 0 N–H and O–H groups in total. The summed E-state index contributed by atoms with van der Waals surface area (Å²) in [7, 11) is 0. The summed E-state index contributed by atoms with van der Waals surface area (Å²) >= 11 is 0. The first-order valence-electron chi connectivity index (χ1n) is 17.5. The summed E-state index contributed by atoms with van der Waals surface area (Å²) in [5, 5.41) is 0. The van der Waals surface area contributed by atoms with Crippen LogP contribution in [0.3, 0.4) is 0 Å². The van der Waals surface area contributed by atoms with Gasteiger partial charge in [-0.15, -0.1) is 21.9 Å². The van der Waals surface area contributed by atoms with Crippen LogP contribution in [-0.4, -0.2) is 11.9 Å². The Hall–Kier alpha value is -6.42. The van der Waals surface area contributed by atoms with E-state index in [-0.39, 0.29) is 11.2 Å². The highest BCUT2D eigenvalue weighted by Gasteiger charge is 2.52. The van der Waals surface area contributed by atoms with Crippen molar-refractivity contribution in [2.45, 2.75) is 27.3 Å². The largest absolute Gasteiger partial charge is 0.287 e. The van der Waals surface area contributed by atoms with E-state index in [9.17, 15) is 57.5 Å². The minimum atomic E-state index is -7.22. The van der Waals surface area contributed by atoms with Gasteiger partial charge in [-0.25, -0.2) is 87.8 Å². The minimum absolute atomic E-state index is 0.170. The minimum Gasteiger partial charge on any atom is -0.287 e. The number of Topliss-reactive ketones (excluding diaryl/α,β-unsaturated/α-hetero) is 1. The van der Waals surface area contributed by atoms with Crippen LogP contribution >= 0.6 is 0 Å². The number of rotatable bonds is 7. The fourth-order valence-corrected chi connectivity index (χ4v) is 6.86. The molecule has 64 heavy (non-hydrogen) atoms. The molecule has 5 aromatic carbocycles. The van der Waals surface area contributed by atoms with Crippen LogP contribution in [0.4, 0.5) is 87.8 Å². The molecule has 0 saturated heterocycles. The molecular formula is C41H20BF20NO. The lowest BCUT2D eigenvalue weighted by Gasteiger charge is -2.44. The van der Waals surface area contributed by atoms with Crippen molar-refractivity contribution in [3.8, 4) is 0 Å². The average Bonchev–Trinajstić information content (AvgIpc) is 3.26. The molecular weight excluding hydrogens is 913 g/mol. The second-order valence-corrected chi connectivity index (χ2v) is 14.6. The second kappa shape index (κ2) is 17.6. The second-order valence-electron chi connectivity index (χ2n) is 14.6. The number of hydrogen-bond donors (Lipinski definition) is 0. The van der Waals surface area contributed by atoms with Gasteiger partial charge in [-0.3, -0.25) is 4.79 Å². The van der Waals surface area contributed by atoms with Crippen molar-refractivity contribution < 1.29 is 97.2 Å². The molecule has 0 fully saturated rings. The first-order chi connectivity index (χ1) is 29.7. The molecule has 2 nitrogen and oxygen atoms in total. The van der Waals surface area contributed by atoms with Crippen LogP contribution < -0.4 is 26.4 Å². The standard InChI is InChI=1S/C24BF20.C17H20NO/c26-5-1(6(27)14(35)21(42)13(5)34)25(2-7(28)15(36)22(43)16(37)8(2)29,3-9(30)17(38)23(44)18(39)10(3)31)4-11(32)19(40)24(45)20(41)12(4)33;1-17(2,3)16(19)15-11-7-8-12-18(15)13-14-9-5-4-6-10-14/h;4-12H,13H2,1-3H3/q-1;+1. The summed E-state index contributed by atoms with van der Waals surface area (Å²) in [5.41, 5.74) is -12.7. The molecule has 0 atom stereocenters. The van der Waals surface area contributed by atoms with Crippen molar-refractivity contribution in [1.29, 1.82) is 0 Å². The van der Waals surface area contributed by atoms with Gasteiger partial charge in [0.15, 0.2) is 82.5 Å². The van der Waals surface area contributed by atoms with Crippen LogP contribution in [0.25, 0.3) is 0 Å². The van der Waals surface area contributed by atoms with Crippen molar-refractivity contribution in [2.75, 3.05) is 0 Å². The normalized spacial score (nSPS) is 11.8. The van der Waals surface area contributed by atoms with Crippen molar-refractivity contribution in [1.82, 2.24) is 0 Å². The molecule has 0 amide bonds. The van der Waals surface area contributed by atoms with Crippen molar-refractivity contribution in [3.63, 3.8) is 0 Å². The molecule has 0 bridgehead atoms. The Labute approximate surface area is 345 Å². The molecule has 23 heteroatoms. The zero-order valence-electron chi connectivity index (χ0n) is 31.9. The lowest BCUT2D eigenvalue weighted by atomic mass is 9.12. The third kappa shape index (κ3) is 7.71. The average molecular weight is 933 g/mol. The molecule has 1 aromatic heterocycles. The highest BCUT2D eigenvalue weighted by atomic mass is 19.2. The molecule has 0 saturated carbocycles. The Balaban J connectivity index is 0.000000337. The zero-order chi connectivity index (χ0) is 48.2. The van der Waals surface area contributed by atoms with Crippen LogP contribution in [0, 0.1) is 122 Å². The smallest absolute Gasteiger partial charge is 0.249 e. The predicted molar refractivity (Wildman–Crippen MR) is 185 cm³/mol. The molecule has 0 unspecified atom stereocenters. The molecule has 338 valence electrons. The first kappa shape index (κ1) is 48.6. The lowest BCUT2D eigenvalue weighted by molar-refractivity contribution is -0.690. The molecule has 0 aliphatic carbocycles. The molecule has 6 aromatic rings. The van der Waals surface area contributed by atoms with Gasteiger partial charge >= 0.3 is 0 Å². The predicted octanol–water partition coefficient (Wildman–Crippen LogP) is 9.10. The maximum atomic E-state index is 15.4. The van der Waals surface area contributed by atoms with E-state index in [2.05, 4.69) is 12.1 Å². The van der Waals surface area contributed by atoms with Crippen LogP contribution in [-0.2, 0) is 6.54 Å². The van der Waals surface area contributed by atoms with Crippen LogP contribution in [0.1, 0.15) is 36.8 Å². The van der Waals surface area contributed by atoms with Crippen LogP contribution in [0.15, 0.2) is 54.7 Å². The zero-order valence-corrected chi connectivity index (χ0v) is 31.9. The third-order valence-electron chi connectivity index (χ3n) is 9.76. The summed E-state index contributed by atoms with van der Waals surface area (Å²) in [5.74, 6) is -71.2. The number of aromatic nitrogens is 1. The third-order valence-corrected chi connectivity index (χ3v) is 9.76. The Morgan fingerprint density at radius 1 is 0.391 bits per heavy atom. The highest BCUT2D eigenvalue weighted by Crippen LogP contribution is 2.31. The van der Waals surface area contributed by atoms with Gasteiger partial charge in [0.05, 0.1) is 0 Å². The number of ketones is 1. The van der Waals surface area contributed by atoms with E-state index in [0.717, 1.165) is 12.2 Å². The topological polar surface area (TPSA) is 20.9 Å². The molecule has 1 heterocycles. The maximum Gasteiger partial charge on any atom is 0.249 e. The van der Waals surface area contributed by atoms with E-state index in [1.807, 2.05) is 67.9 Å². The van der Waals surface area contributed by atoms with Gasteiger partial charge in [-0.2, -0.15) is 4.57 Å². The van der Waals surface area contributed by atoms with Crippen molar-refractivity contribution in [3.05, 3.63) is 182 Å². The molecule has 0 aliphatic heterocycles. The summed E-state index contributed by atoms with van der Waals surface area (Å²) in [4.78, 5) is 12.5. The van der Waals surface area contributed by atoms with E-state index in [0.29, 0.717) is 0 Å². The van der Waals surface area contributed by atoms with Crippen molar-refractivity contribution in [2.24, 2.45) is 5.41 Å². The monoisotopic (exact) mass is 933 g/mol. The molecule has 0 radical (unpaired) electrons. The Morgan fingerprint density at radius 2 is 0.641 bits per heavy atom. The molecule has 0 aliphatic rings. The van der Waals surface area contributed by atoms with Gasteiger partial charge in [0.2, 0.25) is 11.5 Å². The number of nitrogens with zero attached hydrogens (tertiary/aromatic N) is 1. The fraction of sp³-hybridized carbons (Fsp3) is 0.122. The SMILES string of the molecule is CC(C)(C)C(=O)c1cccc[n+]1Cc1ccccc1.Fc1c(F)c(F)c([B-](c2c(F)c(F)c(F)c(F)c2F)(c2c(F)c(F)c(F)c(F)c2F)c2c(F)c(F)c(F)c(F)c2F)c(F)c1F. The first-order valence-corrected chi connectivity index (χ1v) is 17.5. The van der Waals surface area contributed by atoms with E-state index >= 15 is 35.1 Å². The van der Waals surface area contributed by atoms with Crippen LogP contribution in [0.2, 0.25) is 0 Å². The van der Waals surface area contributed by atoms with Gasteiger partial charge < -0.3 is 0 Å². The van der Waals surface area contributed by atoms with Gasteiger partial charge in [0, 0.05) is 23.1 Å². The van der Waals surface area contributed by atoms with E-state index in [4.69, 9.17) is 0 Å². The summed E-state index contributed by atoms with van der Waals surface area (Å²) in [6, 6.07) is 16.0. The summed E-state index contributed by atoms with van der Waals surface area (Å²) < 4.78 is 296. The Kier molecular flexibility index (Phi) is 13.4. The van der Waals surface area contributed by atoms with E-state index in [1.165, 1.54) is 5.56 Å². The van der Waals surface area contributed by atoms with Crippen LogP contribution in [0.5, 0.6) is 0 Å². The van der Waals surface area contributed by atoms with Gasteiger partial charge in [-0.05, 0) is 6.07 Å². The summed E-state index contributed by atoms with van der Waals surface area (Å²) in [6.07, 6.45) is -5.25. The number of carbonyl (C=O) groups excluding carboxylic acids is 1. The van der Waals surface area contributed by atoms with Crippen molar-refractivity contribution >= 4 is 33.8 Å². The van der Waals surface area contributed by atoms with Gasteiger partial charge in [-0.1, -0.05) is 51.1 Å². The molecule has 0 spiro atoms. The number of pyridine rings is 1. The number of carbonyl (C=O) groups is 1. The van der Waals surface area contributed by atoms with E-state index in [1.54, 1.807) is 0 Å². The van der Waals surface area contributed by atoms with E-state index < -0.39 is 144 Å². The van der Waals surface area contributed by atoms with Gasteiger partial charge in [0.1, 0.15) is 52.7 Å². The number of benzene rings is 5. The highest BCUT2D eigenvalue weighted by molar-refractivity contribution is 7.20. The number of hydrogen-bond acceptors (Lipinski definition) is 1. The number of halogens is 20. The Bertz CT molecular complexity index is 2480. The van der Waals surface area contributed by atoms with Gasteiger partial charge in [0.25, 0.3) is 0 Å². The quantitative estimate of drug-likeness (QED) is 0.0391. The summed E-state index contributed by atoms with van der Waals surface area (Å²) in [6.45, 7) is 6.58. The maximum absolute atomic E-state index is 15.4. The Morgan fingerprint density at radius 3 is 0.906 bits per heavy atom. The lowest BCUT2D eigenvalue weighted by Crippen LogP contribution is -2.81.